The SMILES string of the molecule is CCOC=O.CCc1cccc(CS(=O)c2ccc([N+](=O)[O-])cc2)c1. The van der Waals surface area contributed by atoms with E-state index in [2.05, 4.69) is 11.7 Å². The van der Waals surface area contributed by atoms with Crippen LogP contribution in [0.2, 0.25) is 0 Å². The molecule has 0 N–H and O–H groups in total. The second-order valence-corrected chi connectivity index (χ2v) is 6.42. The molecular formula is C18H21NO5S. The minimum Gasteiger partial charge on any atom is -0.468 e. The molecule has 0 spiro atoms. The van der Waals surface area contributed by atoms with E-state index in [0.29, 0.717) is 23.7 Å². The van der Waals surface area contributed by atoms with E-state index in [0.717, 1.165) is 12.0 Å². The van der Waals surface area contributed by atoms with Gasteiger partial charge in [-0.15, -0.1) is 0 Å². The predicted octanol–water partition coefficient (Wildman–Crippen LogP) is 3.64. The zero-order valence-electron chi connectivity index (χ0n) is 14.2. The lowest BCUT2D eigenvalue weighted by Gasteiger charge is -2.04. The molecule has 2 rings (SSSR count). The number of nitro benzene ring substituents is 1. The number of ether oxygens (including phenoxy) is 1. The number of nitro groups is 1. The van der Waals surface area contributed by atoms with E-state index in [9.17, 15) is 19.1 Å². The van der Waals surface area contributed by atoms with Crippen molar-refractivity contribution in [2.45, 2.75) is 30.9 Å². The number of rotatable bonds is 7. The summed E-state index contributed by atoms with van der Waals surface area (Å²) in [5.74, 6) is 0.422. The van der Waals surface area contributed by atoms with Gasteiger partial charge in [0, 0.05) is 17.0 Å². The van der Waals surface area contributed by atoms with Crippen molar-refractivity contribution >= 4 is 23.0 Å². The first-order valence-electron chi connectivity index (χ1n) is 7.77. The number of carbonyl (C=O) groups excluding carboxylic acids is 1. The van der Waals surface area contributed by atoms with Crippen molar-refractivity contribution in [2.24, 2.45) is 0 Å². The van der Waals surface area contributed by atoms with Crippen molar-refractivity contribution < 1.29 is 18.7 Å². The van der Waals surface area contributed by atoms with E-state index in [1.165, 1.54) is 17.7 Å². The van der Waals surface area contributed by atoms with Crippen LogP contribution in [0, 0.1) is 10.1 Å². The maximum Gasteiger partial charge on any atom is 0.293 e. The van der Waals surface area contributed by atoms with E-state index in [-0.39, 0.29) is 5.69 Å². The summed E-state index contributed by atoms with van der Waals surface area (Å²) in [7, 11) is -1.19. The minimum atomic E-state index is -1.19. The molecule has 0 heterocycles. The van der Waals surface area contributed by atoms with Crippen molar-refractivity contribution in [3.63, 3.8) is 0 Å². The van der Waals surface area contributed by atoms with Gasteiger partial charge in [0.1, 0.15) is 0 Å². The Kier molecular flexibility index (Phi) is 9.10. The van der Waals surface area contributed by atoms with Crippen molar-refractivity contribution in [3.05, 3.63) is 69.8 Å². The molecule has 0 amide bonds. The van der Waals surface area contributed by atoms with Crippen LogP contribution in [-0.4, -0.2) is 22.2 Å². The highest BCUT2D eigenvalue weighted by atomic mass is 32.2. The van der Waals surface area contributed by atoms with Crippen LogP contribution in [0.4, 0.5) is 5.69 Å². The average Bonchev–Trinajstić information content (AvgIpc) is 2.63. The van der Waals surface area contributed by atoms with Crippen molar-refractivity contribution in [1.29, 1.82) is 0 Å². The molecular weight excluding hydrogens is 342 g/mol. The fourth-order valence-electron chi connectivity index (χ4n) is 1.96. The van der Waals surface area contributed by atoms with E-state index < -0.39 is 15.7 Å². The maximum absolute atomic E-state index is 12.2. The third kappa shape index (κ3) is 7.26. The first-order chi connectivity index (χ1) is 12.0. The average molecular weight is 363 g/mol. The molecule has 0 saturated carbocycles. The lowest BCUT2D eigenvalue weighted by Crippen LogP contribution is -1.97. The van der Waals surface area contributed by atoms with Gasteiger partial charge in [-0.2, -0.15) is 0 Å². The molecule has 2 aromatic rings. The first-order valence-corrected chi connectivity index (χ1v) is 9.09. The van der Waals surface area contributed by atoms with Crippen molar-refractivity contribution in [2.75, 3.05) is 6.61 Å². The highest BCUT2D eigenvalue weighted by Gasteiger charge is 2.09. The summed E-state index contributed by atoms with van der Waals surface area (Å²) in [5, 5.41) is 10.6. The van der Waals surface area contributed by atoms with Gasteiger partial charge in [0.25, 0.3) is 12.2 Å². The van der Waals surface area contributed by atoms with Gasteiger partial charge in [-0.1, -0.05) is 31.2 Å². The monoisotopic (exact) mass is 363 g/mol. The topological polar surface area (TPSA) is 86.5 Å². The fraction of sp³-hybridized carbons (Fsp3) is 0.278. The zero-order valence-corrected chi connectivity index (χ0v) is 15.0. The molecule has 1 atom stereocenters. The summed E-state index contributed by atoms with van der Waals surface area (Å²) in [5.41, 5.74) is 2.24. The van der Waals surface area contributed by atoms with Crippen molar-refractivity contribution in [1.82, 2.24) is 0 Å². The van der Waals surface area contributed by atoms with Crippen LogP contribution in [-0.2, 0) is 32.5 Å². The minimum absolute atomic E-state index is 0.0127. The van der Waals surface area contributed by atoms with Gasteiger partial charge in [-0.05, 0) is 36.6 Å². The molecule has 2 aromatic carbocycles. The summed E-state index contributed by atoms with van der Waals surface area (Å²) in [6, 6.07) is 13.9. The molecule has 25 heavy (non-hydrogen) atoms. The zero-order chi connectivity index (χ0) is 18.7. The number of nitrogens with zero attached hydrogens (tertiary/aromatic N) is 1. The van der Waals surface area contributed by atoms with Gasteiger partial charge in [-0.3, -0.25) is 19.1 Å². The van der Waals surface area contributed by atoms with Crippen molar-refractivity contribution in [3.8, 4) is 0 Å². The third-order valence-electron chi connectivity index (χ3n) is 3.24. The maximum atomic E-state index is 12.2. The predicted molar refractivity (Wildman–Crippen MR) is 96.7 cm³/mol. The summed E-state index contributed by atoms with van der Waals surface area (Å²) < 4.78 is 16.4. The quantitative estimate of drug-likeness (QED) is 0.426. The number of aryl methyl sites for hydroxylation is 1. The van der Waals surface area contributed by atoms with Gasteiger partial charge >= 0.3 is 0 Å². The Balaban J connectivity index is 0.000000550. The van der Waals surface area contributed by atoms with Crippen LogP contribution in [0.3, 0.4) is 0 Å². The normalized spacial score (nSPS) is 11.0. The number of hydrogen-bond donors (Lipinski definition) is 0. The fourth-order valence-corrected chi connectivity index (χ4v) is 3.05. The van der Waals surface area contributed by atoms with Crippen LogP contribution in [0.15, 0.2) is 53.4 Å². The molecule has 0 bridgehead atoms. The molecule has 0 aliphatic heterocycles. The summed E-state index contributed by atoms with van der Waals surface area (Å²) >= 11 is 0. The van der Waals surface area contributed by atoms with Crippen LogP contribution in [0.5, 0.6) is 0 Å². The molecule has 0 radical (unpaired) electrons. The molecule has 7 heteroatoms. The van der Waals surface area contributed by atoms with Crippen LogP contribution in [0.1, 0.15) is 25.0 Å². The van der Waals surface area contributed by atoms with E-state index in [1.54, 1.807) is 19.1 Å². The summed E-state index contributed by atoms with van der Waals surface area (Å²) in [6.45, 7) is 4.74. The standard InChI is InChI=1S/C15H15NO3S.C3H6O2/c1-2-12-4-3-5-13(10-12)11-20(19)15-8-6-14(7-9-15)16(17)18;1-2-5-3-4/h3-10H,2,11H2,1H3;3H,2H2,1H3. The first kappa shape index (κ1) is 20.5. The third-order valence-corrected chi connectivity index (χ3v) is 4.64. The highest BCUT2D eigenvalue weighted by Crippen LogP contribution is 2.17. The van der Waals surface area contributed by atoms with E-state index in [4.69, 9.17) is 0 Å². The molecule has 0 fully saturated rings. The lowest BCUT2D eigenvalue weighted by atomic mass is 10.1. The molecule has 134 valence electrons. The number of benzene rings is 2. The smallest absolute Gasteiger partial charge is 0.293 e. The van der Waals surface area contributed by atoms with E-state index >= 15 is 0 Å². The molecule has 0 saturated heterocycles. The molecule has 0 aliphatic carbocycles. The van der Waals surface area contributed by atoms with Gasteiger partial charge < -0.3 is 4.74 Å². The molecule has 6 nitrogen and oxygen atoms in total. The Morgan fingerprint density at radius 2 is 1.76 bits per heavy atom. The Labute approximate surface area is 149 Å². The number of non-ortho nitro benzene ring substituents is 1. The largest absolute Gasteiger partial charge is 0.468 e. The molecule has 1 unspecified atom stereocenters. The van der Waals surface area contributed by atoms with Crippen LogP contribution < -0.4 is 0 Å². The van der Waals surface area contributed by atoms with Gasteiger partial charge in [0.05, 0.1) is 28.1 Å². The number of hydrogen-bond acceptors (Lipinski definition) is 5. The van der Waals surface area contributed by atoms with Crippen LogP contribution in [0.25, 0.3) is 0 Å². The van der Waals surface area contributed by atoms with Gasteiger partial charge in [0.2, 0.25) is 0 Å². The second kappa shape index (κ2) is 11.1. The Bertz CT molecular complexity index is 716. The highest BCUT2D eigenvalue weighted by molar-refractivity contribution is 7.84. The van der Waals surface area contributed by atoms with Crippen LogP contribution >= 0.6 is 0 Å². The number of carbonyl (C=O) groups is 1. The lowest BCUT2D eigenvalue weighted by molar-refractivity contribution is -0.384. The molecule has 0 aliphatic rings. The molecule has 0 aromatic heterocycles. The summed E-state index contributed by atoms with van der Waals surface area (Å²) in [6.07, 6.45) is 0.942. The Hall–Kier alpha value is -2.54. The van der Waals surface area contributed by atoms with Gasteiger partial charge in [-0.25, -0.2) is 0 Å². The summed E-state index contributed by atoms with van der Waals surface area (Å²) in [4.78, 5) is 19.9. The van der Waals surface area contributed by atoms with Gasteiger partial charge in [0.15, 0.2) is 0 Å². The Morgan fingerprint density at radius 1 is 1.12 bits per heavy atom. The second-order valence-electron chi connectivity index (χ2n) is 4.97. The van der Waals surface area contributed by atoms with E-state index in [1.807, 2.05) is 24.3 Å². The Morgan fingerprint density at radius 3 is 2.24 bits per heavy atom.